The fourth-order valence-electron chi connectivity index (χ4n) is 3.27. The van der Waals surface area contributed by atoms with E-state index in [4.69, 9.17) is 31.2 Å². The van der Waals surface area contributed by atoms with Crippen LogP contribution in [0.4, 0.5) is 0 Å². The number of thiazole rings is 2. The Morgan fingerprint density at radius 1 is 0.765 bits per heavy atom. The van der Waals surface area contributed by atoms with E-state index >= 15 is 0 Å². The lowest BCUT2D eigenvalue weighted by molar-refractivity contribution is -0.0228. The third kappa shape index (κ3) is 5.41. The normalized spacial score (nSPS) is 32.9. The van der Waals surface area contributed by atoms with Gasteiger partial charge in [0.05, 0.1) is 13.2 Å². The van der Waals surface area contributed by atoms with Gasteiger partial charge in [0.25, 0.3) is 11.8 Å². The summed E-state index contributed by atoms with van der Waals surface area (Å²) in [5, 5.41) is 60.0. The Bertz CT molecular complexity index is 925. The molecule has 2 amide bonds. The monoisotopic (exact) mass is 520 g/mol. The van der Waals surface area contributed by atoms with Crippen molar-refractivity contribution in [1.29, 1.82) is 0 Å². The van der Waals surface area contributed by atoms with Crippen LogP contribution >= 0.6 is 22.7 Å². The van der Waals surface area contributed by atoms with Gasteiger partial charge in [-0.3, -0.25) is 9.59 Å². The van der Waals surface area contributed by atoms with Gasteiger partial charge in [-0.15, -0.1) is 22.7 Å². The summed E-state index contributed by atoms with van der Waals surface area (Å²) in [6.45, 7) is -0.800. The molecule has 0 aliphatic carbocycles. The molecule has 8 atom stereocenters. The van der Waals surface area contributed by atoms with Gasteiger partial charge in [-0.05, 0) is 0 Å². The number of aliphatic hydroxyl groups excluding tert-OH is 6. The molecule has 2 aromatic rings. The maximum Gasteiger partial charge on any atom is 0.268 e. The second-order valence-corrected chi connectivity index (χ2v) is 9.17. The Kier molecular flexibility index (Phi) is 8.63. The predicted molar refractivity (Wildman–Crippen MR) is 115 cm³/mol. The van der Waals surface area contributed by atoms with Gasteiger partial charge >= 0.3 is 0 Å². The quantitative estimate of drug-likeness (QED) is 0.187. The molecule has 0 spiro atoms. The van der Waals surface area contributed by atoms with E-state index in [9.17, 15) is 30.0 Å². The summed E-state index contributed by atoms with van der Waals surface area (Å²) in [5.74, 6) is -1.33. The lowest BCUT2D eigenvalue weighted by Crippen LogP contribution is -2.32. The number of hydrogen-bond donors (Lipinski definition) is 8. The molecule has 0 saturated carbocycles. The maximum atomic E-state index is 10.9. The fraction of sp³-hybridized carbons (Fsp3) is 0.556. The van der Waals surface area contributed by atoms with Crippen LogP contribution in [0.1, 0.15) is 43.2 Å². The average molecular weight is 521 g/mol. The third-order valence-corrected chi connectivity index (χ3v) is 6.93. The van der Waals surface area contributed by atoms with E-state index in [1.165, 1.54) is 10.8 Å². The van der Waals surface area contributed by atoms with Gasteiger partial charge in [0.1, 0.15) is 70.2 Å². The molecule has 2 saturated heterocycles. The van der Waals surface area contributed by atoms with Gasteiger partial charge in [-0.25, -0.2) is 9.97 Å². The minimum atomic E-state index is -1.18. The first-order chi connectivity index (χ1) is 16.1. The van der Waals surface area contributed by atoms with Crippen molar-refractivity contribution < 1.29 is 49.7 Å². The van der Waals surface area contributed by atoms with Gasteiger partial charge in [-0.1, -0.05) is 0 Å². The van der Waals surface area contributed by atoms with Crippen molar-refractivity contribution in [1.82, 2.24) is 9.97 Å². The molecule has 34 heavy (non-hydrogen) atoms. The van der Waals surface area contributed by atoms with Crippen molar-refractivity contribution in [3.63, 3.8) is 0 Å². The van der Waals surface area contributed by atoms with E-state index in [0.717, 1.165) is 22.7 Å². The van der Waals surface area contributed by atoms with E-state index in [0.29, 0.717) is 10.0 Å². The zero-order valence-electron chi connectivity index (χ0n) is 17.4. The molecule has 4 heterocycles. The van der Waals surface area contributed by atoms with Crippen LogP contribution in [0.25, 0.3) is 0 Å². The number of hydrogen-bond acceptors (Lipinski definition) is 14. The van der Waals surface area contributed by atoms with Crippen molar-refractivity contribution in [2.75, 3.05) is 13.2 Å². The third-order valence-electron chi connectivity index (χ3n) is 5.12. The Balaban J connectivity index is 0.000000191. The molecule has 2 fully saturated rings. The number of nitrogens with two attached hydrogens (primary N) is 2. The van der Waals surface area contributed by atoms with Crippen LogP contribution < -0.4 is 11.5 Å². The second-order valence-electron chi connectivity index (χ2n) is 7.39. The average Bonchev–Trinajstić information content (AvgIpc) is 3.58. The number of amides is 2. The highest BCUT2D eigenvalue weighted by Crippen LogP contribution is 2.36. The zero-order chi connectivity index (χ0) is 25.2. The molecule has 2 aliphatic heterocycles. The van der Waals surface area contributed by atoms with E-state index in [2.05, 4.69) is 9.97 Å². The lowest BCUT2D eigenvalue weighted by Gasteiger charge is -2.11. The van der Waals surface area contributed by atoms with Gasteiger partial charge in [0.15, 0.2) is 0 Å². The molecule has 0 aromatic carbocycles. The Hall–Kier alpha value is -2.12. The van der Waals surface area contributed by atoms with Crippen LogP contribution in [0.15, 0.2) is 10.8 Å². The number of primary amides is 2. The molecule has 0 radical (unpaired) electrons. The highest BCUT2D eigenvalue weighted by atomic mass is 32.1. The first-order valence-electron chi connectivity index (χ1n) is 9.84. The summed E-state index contributed by atoms with van der Waals surface area (Å²) in [7, 11) is 0. The fourth-order valence-corrected chi connectivity index (χ4v) is 5.03. The van der Waals surface area contributed by atoms with Gasteiger partial charge in [0.2, 0.25) is 0 Å². The molecule has 14 nitrogen and oxygen atoms in total. The van der Waals surface area contributed by atoms with Gasteiger partial charge in [-0.2, -0.15) is 0 Å². The summed E-state index contributed by atoms with van der Waals surface area (Å²) in [6, 6.07) is 0. The van der Waals surface area contributed by atoms with Gasteiger partial charge in [0, 0.05) is 10.8 Å². The SMILES string of the molecule is NC(=O)c1csc(C2OC(CO)C(O)C2O)n1.NC(=O)c1csc(C2OC(CO)C(O)C2O)n1. The molecular formula is C18H24N4O10S2. The number of rotatable bonds is 6. The molecule has 8 unspecified atom stereocenters. The first-order valence-corrected chi connectivity index (χ1v) is 11.6. The van der Waals surface area contributed by atoms with Crippen LogP contribution in [0, 0.1) is 0 Å². The highest BCUT2D eigenvalue weighted by Gasteiger charge is 2.45. The van der Waals surface area contributed by atoms with E-state index in [-0.39, 0.29) is 11.4 Å². The van der Waals surface area contributed by atoms with Crippen LogP contribution in [-0.4, -0.2) is 102 Å². The van der Waals surface area contributed by atoms with Crippen molar-refractivity contribution in [2.45, 2.75) is 48.8 Å². The molecule has 2 aromatic heterocycles. The zero-order valence-corrected chi connectivity index (χ0v) is 19.0. The van der Waals surface area contributed by atoms with Crippen molar-refractivity contribution in [2.24, 2.45) is 11.5 Å². The summed E-state index contributed by atoms with van der Waals surface area (Å²) in [4.78, 5) is 29.6. The maximum absolute atomic E-state index is 10.9. The minimum Gasteiger partial charge on any atom is -0.394 e. The molecule has 4 rings (SSSR count). The number of ether oxygens (including phenoxy) is 2. The summed E-state index contributed by atoms with van der Waals surface area (Å²) >= 11 is 2.21. The summed E-state index contributed by atoms with van der Waals surface area (Å²) in [6.07, 6.45) is -8.11. The topological polar surface area (TPSA) is 252 Å². The minimum absolute atomic E-state index is 0.0859. The molecule has 0 bridgehead atoms. The smallest absolute Gasteiger partial charge is 0.268 e. The van der Waals surface area contributed by atoms with E-state index in [1.807, 2.05) is 0 Å². The van der Waals surface area contributed by atoms with Crippen LogP contribution in [0.2, 0.25) is 0 Å². The number of carbonyl (C=O) groups excluding carboxylic acids is 2. The molecule has 10 N–H and O–H groups in total. The van der Waals surface area contributed by atoms with Crippen molar-refractivity contribution >= 4 is 34.5 Å². The Labute approximate surface area is 200 Å². The van der Waals surface area contributed by atoms with Crippen LogP contribution in [-0.2, 0) is 9.47 Å². The number of carbonyl (C=O) groups is 2. The highest BCUT2D eigenvalue weighted by molar-refractivity contribution is 7.10. The lowest BCUT2D eigenvalue weighted by atomic mass is 10.1. The summed E-state index contributed by atoms with van der Waals surface area (Å²) < 4.78 is 10.5. The number of nitrogens with zero attached hydrogens (tertiary/aromatic N) is 2. The van der Waals surface area contributed by atoms with Crippen molar-refractivity contribution in [3.8, 4) is 0 Å². The van der Waals surface area contributed by atoms with Gasteiger partial charge < -0.3 is 51.6 Å². The van der Waals surface area contributed by atoms with E-state index in [1.54, 1.807) is 0 Å². The Morgan fingerprint density at radius 2 is 1.12 bits per heavy atom. The Morgan fingerprint density at radius 3 is 1.35 bits per heavy atom. The predicted octanol–water partition coefficient (Wildman–Crippen LogP) is -3.21. The first kappa shape index (κ1) is 26.5. The largest absolute Gasteiger partial charge is 0.394 e. The van der Waals surface area contributed by atoms with Crippen LogP contribution in [0.3, 0.4) is 0 Å². The standard InChI is InChI=1S/2C9H12N2O5S/c2*10-8(15)3-2-17-9(11-3)7-6(14)5(13)4(1-12)16-7/h2*2,4-7,12-14H,1H2,(H2,10,15). The molecule has 188 valence electrons. The second kappa shape index (κ2) is 11.1. The van der Waals surface area contributed by atoms with E-state index < -0.39 is 73.9 Å². The van der Waals surface area contributed by atoms with Crippen LogP contribution in [0.5, 0.6) is 0 Å². The molecule has 2 aliphatic rings. The number of aliphatic hydroxyl groups is 6. The number of aromatic nitrogens is 2. The van der Waals surface area contributed by atoms with Crippen molar-refractivity contribution in [3.05, 3.63) is 32.2 Å². The molecular weight excluding hydrogens is 496 g/mol. The summed E-state index contributed by atoms with van der Waals surface area (Å²) in [5.41, 5.74) is 10.3. The molecule has 16 heteroatoms.